The van der Waals surface area contributed by atoms with Crippen LogP contribution in [0.2, 0.25) is 0 Å². The Morgan fingerprint density at radius 1 is 1.17 bits per heavy atom. The van der Waals surface area contributed by atoms with E-state index in [1.54, 1.807) is 0 Å². The van der Waals surface area contributed by atoms with Gasteiger partial charge < -0.3 is 5.73 Å². The quantitative estimate of drug-likeness (QED) is 0.532. The Morgan fingerprint density at radius 2 is 1.67 bits per heavy atom. The average Bonchev–Trinajstić information content (AvgIpc) is 2.10. The second-order valence-electron chi connectivity index (χ2n) is 2.85. The summed E-state index contributed by atoms with van der Waals surface area (Å²) in [6, 6.07) is 4.20. The van der Waals surface area contributed by atoms with Crippen LogP contribution in [0.5, 0.6) is 0 Å². The second kappa shape index (κ2) is 3.85. The molecular weight excluding hydrogens is 166 g/mol. The number of anilines is 1. The molecule has 0 bridgehead atoms. The van der Waals surface area contributed by atoms with E-state index in [1.807, 2.05) is 0 Å². The summed E-state index contributed by atoms with van der Waals surface area (Å²) in [6.07, 6.45) is 1.97. The van der Waals surface area contributed by atoms with Crippen LogP contribution in [0.15, 0.2) is 17.0 Å². The lowest BCUT2D eigenvalue weighted by Crippen LogP contribution is -1.97. The van der Waals surface area contributed by atoms with Crippen molar-refractivity contribution in [2.45, 2.75) is 31.6 Å². The highest BCUT2D eigenvalue weighted by molar-refractivity contribution is 7.80. The van der Waals surface area contributed by atoms with Crippen LogP contribution in [-0.2, 0) is 12.8 Å². The Hall–Kier alpha value is -0.630. The van der Waals surface area contributed by atoms with Crippen molar-refractivity contribution in [2.24, 2.45) is 0 Å². The molecule has 0 aliphatic heterocycles. The summed E-state index contributed by atoms with van der Waals surface area (Å²) >= 11 is 4.39. The molecule has 0 aromatic heterocycles. The Labute approximate surface area is 79.4 Å². The van der Waals surface area contributed by atoms with Crippen molar-refractivity contribution in [2.75, 3.05) is 5.73 Å². The maximum atomic E-state index is 5.89. The lowest BCUT2D eigenvalue weighted by atomic mass is 10.1. The van der Waals surface area contributed by atoms with Crippen LogP contribution in [0.1, 0.15) is 25.0 Å². The molecule has 12 heavy (non-hydrogen) atoms. The average molecular weight is 181 g/mol. The van der Waals surface area contributed by atoms with Gasteiger partial charge in [-0.1, -0.05) is 26.0 Å². The molecule has 0 unspecified atom stereocenters. The van der Waals surface area contributed by atoms with Crippen molar-refractivity contribution in [3.63, 3.8) is 0 Å². The Morgan fingerprint density at radius 3 is 2.17 bits per heavy atom. The minimum absolute atomic E-state index is 0.847. The van der Waals surface area contributed by atoms with Crippen molar-refractivity contribution in [3.05, 3.63) is 23.3 Å². The highest BCUT2D eigenvalue weighted by atomic mass is 32.1. The Kier molecular flexibility index (Phi) is 3.04. The molecule has 0 radical (unpaired) electrons. The summed E-state index contributed by atoms with van der Waals surface area (Å²) < 4.78 is 0. The van der Waals surface area contributed by atoms with Gasteiger partial charge in [-0.3, -0.25) is 0 Å². The van der Waals surface area contributed by atoms with E-state index in [0.717, 1.165) is 23.4 Å². The minimum Gasteiger partial charge on any atom is -0.398 e. The number of rotatable bonds is 2. The van der Waals surface area contributed by atoms with Gasteiger partial charge in [-0.05, 0) is 24.0 Å². The molecule has 1 aromatic carbocycles. The van der Waals surface area contributed by atoms with Gasteiger partial charge in [-0.15, -0.1) is 12.6 Å². The van der Waals surface area contributed by atoms with E-state index >= 15 is 0 Å². The smallest absolute Gasteiger partial charge is 0.0484 e. The molecule has 1 nitrogen and oxygen atoms in total. The zero-order valence-corrected chi connectivity index (χ0v) is 8.49. The van der Waals surface area contributed by atoms with Crippen LogP contribution in [0.25, 0.3) is 0 Å². The van der Waals surface area contributed by atoms with Crippen molar-refractivity contribution in [1.82, 2.24) is 0 Å². The zero-order valence-electron chi connectivity index (χ0n) is 7.59. The lowest BCUT2D eigenvalue weighted by Gasteiger charge is -2.09. The van der Waals surface area contributed by atoms with E-state index in [1.165, 1.54) is 11.1 Å². The van der Waals surface area contributed by atoms with E-state index < -0.39 is 0 Å². The highest BCUT2D eigenvalue weighted by Crippen LogP contribution is 2.25. The molecule has 0 heterocycles. The fraction of sp³-hybridized carbons (Fsp3) is 0.400. The van der Waals surface area contributed by atoms with Gasteiger partial charge in [-0.25, -0.2) is 0 Å². The van der Waals surface area contributed by atoms with E-state index in [-0.39, 0.29) is 0 Å². The van der Waals surface area contributed by atoms with Gasteiger partial charge in [0.2, 0.25) is 0 Å². The third kappa shape index (κ3) is 1.58. The van der Waals surface area contributed by atoms with Crippen LogP contribution in [0.4, 0.5) is 5.69 Å². The predicted octanol–water partition coefficient (Wildman–Crippen LogP) is 2.68. The van der Waals surface area contributed by atoms with Crippen LogP contribution < -0.4 is 5.73 Å². The van der Waals surface area contributed by atoms with Crippen LogP contribution >= 0.6 is 12.6 Å². The molecule has 0 aliphatic carbocycles. The fourth-order valence-corrected chi connectivity index (χ4v) is 1.66. The number of thiol groups is 1. The van der Waals surface area contributed by atoms with Crippen molar-refractivity contribution in [3.8, 4) is 0 Å². The van der Waals surface area contributed by atoms with Gasteiger partial charge in [0.05, 0.1) is 0 Å². The number of hydrogen-bond donors (Lipinski definition) is 2. The number of hydrogen-bond acceptors (Lipinski definition) is 2. The van der Waals surface area contributed by atoms with E-state index in [0.29, 0.717) is 0 Å². The Balaban J connectivity index is 3.20. The van der Waals surface area contributed by atoms with Gasteiger partial charge in [0.15, 0.2) is 0 Å². The summed E-state index contributed by atoms with van der Waals surface area (Å²) in [5, 5.41) is 0. The van der Waals surface area contributed by atoms with Gasteiger partial charge in [0.25, 0.3) is 0 Å². The first-order valence-corrected chi connectivity index (χ1v) is 4.74. The van der Waals surface area contributed by atoms with Crippen molar-refractivity contribution >= 4 is 18.3 Å². The van der Waals surface area contributed by atoms with Crippen molar-refractivity contribution in [1.29, 1.82) is 0 Å². The molecule has 0 amide bonds. The van der Waals surface area contributed by atoms with Crippen LogP contribution in [-0.4, -0.2) is 0 Å². The summed E-state index contributed by atoms with van der Waals surface area (Å²) in [4.78, 5) is 0.955. The number of aryl methyl sites for hydroxylation is 2. The maximum absolute atomic E-state index is 5.89. The summed E-state index contributed by atoms with van der Waals surface area (Å²) in [5.41, 5.74) is 9.16. The largest absolute Gasteiger partial charge is 0.398 e. The molecule has 1 aromatic rings. The highest BCUT2D eigenvalue weighted by Gasteiger charge is 2.04. The van der Waals surface area contributed by atoms with Crippen LogP contribution in [0.3, 0.4) is 0 Å². The zero-order chi connectivity index (χ0) is 9.14. The first-order valence-electron chi connectivity index (χ1n) is 4.29. The van der Waals surface area contributed by atoms with E-state index in [9.17, 15) is 0 Å². The van der Waals surface area contributed by atoms with E-state index in [4.69, 9.17) is 5.73 Å². The topological polar surface area (TPSA) is 26.0 Å². The molecule has 0 atom stereocenters. The third-order valence-corrected chi connectivity index (χ3v) is 2.68. The first kappa shape index (κ1) is 9.46. The van der Waals surface area contributed by atoms with Gasteiger partial charge in [0.1, 0.15) is 0 Å². The number of nitrogens with two attached hydrogens (primary N) is 1. The Bertz CT molecular complexity index is 252. The monoisotopic (exact) mass is 181 g/mol. The van der Waals surface area contributed by atoms with Gasteiger partial charge >= 0.3 is 0 Å². The fourth-order valence-electron chi connectivity index (χ4n) is 1.29. The number of benzene rings is 1. The predicted molar refractivity (Wildman–Crippen MR) is 56.9 cm³/mol. The third-order valence-electron chi connectivity index (χ3n) is 2.15. The molecule has 0 spiro atoms. The summed E-state index contributed by atoms with van der Waals surface area (Å²) in [5.74, 6) is 0. The normalized spacial score (nSPS) is 10.2. The SMILES string of the molecule is CCc1ccc(CC)c(S)c1N. The first-order chi connectivity index (χ1) is 5.70. The summed E-state index contributed by atoms with van der Waals surface area (Å²) in [6.45, 7) is 4.21. The molecule has 0 fully saturated rings. The molecular formula is C10H15NS. The minimum atomic E-state index is 0.847. The molecule has 2 N–H and O–H groups in total. The second-order valence-corrected chi connectivity index (χ2v) is 3.30. The van der Waals surface area contributed by atoms with Crippen LogP contribution in [0, 0.1) is 0 Å². The lowest BCUT2D eigenvalue weighted by molar-refractivity contribution is 1.06. The van der Waals surface area contributed by atoms with Gasteiger partial charge in [0, 0.05) is 10.6 Å². The molecule has 2 heteroatoms. The maximum Gasteiger partial charge on any atom is 0.0484 e. The standard InChI is InChI=1S/C10H15NS/c1-3-7-5-6-8(4-2)10(12)9(7)11/h5-6,12H,3-4,11H2,1-2H3. The van der Waals surface area contributed by atoms with Gasteiger partial charge in [-0.2, -0.15) is 0 Å². The van der Waals surface area contributed by atoms with E-state index in [2.05, 4.69) is 38.6 Å². The molecule has 66 valence electrons. The molecule has 0 saturated carbocycles. The number of nitrogen functional groups attached to an aromatic ring is 1. The molecule has 1 rings (SSSR count). The molecule has 0 aliphatic rings. The van der Waals surface area contributed by atoms with Crippen molar-refractivity contribution < 1.29 is 0 Å². The molecule has 0 saturated heterocycles. The summed E-state index contributed by atoms with van der Waals surface area (Å²) in [7, 11) is 0.